The van der Waals surface area contributed by atoms with E-state index in [-0.39, 0.29) is 5.63 Å². The van der Waals surface area contributed by atoms with Gasteiger partial charge in [-0.3, -0.25) is 4.90 Å². The zero-order valence-corrected chi connectivity index (χ0v) is 16.6. The summed E-state index contributed by atoms with van der Waals surface area (Å²) < 4.78 is 10.7. The number of hydrogen-bond acceptors (Lipinski definition) is 5. The van der Waals surface area contributed by atoms with Crippen molar-refractivity contribution in [3.63, 3.8) is 0 Å². The number of fused-ring (bicyclic) bond motifs is 1. The van der Waals surface area contributed by atoms with Crippen LogP contribution in [0.3, 0.4) is 0 Å². The number of hydrogen-bond donors (Lipinski definition) is 0. The lowest BCUT2D eigenvalue weighted by Gasteiger charge is -2.41. The zero-order valence-electron chi connectivity index (χ0n) is 16.6. The van der Waals surface area contributed by atoms with E-state index in [1.165, 1.54) is 11.3 Å². The van der Waals surface area contributed by atoms with Gasteiger partial charge < -0.3 is 14.1 Å². The van der Waals surface area contributed by atoms with E-state index in [0.717, 1.165) is 42.9 Å². The molecule has 0 bridgehead atoms. The number of methoxy groups -OCH3 is 1. The highest BCUT2D eigenvalue weighted by Gasteiger charge is 2.24. The minimum Gasteiger partial charge on any atom is -0.497 e. The number of piperazine rings is 1. The van der Waals surface area contributed by atoms with Crippen molar-refractivity contribution in [3.05, 3.63) is 70.1 Å². The lowest BCUT2D eigenvalue weighted by atomic mass is 10.1. The van der Waals surface area contributed by atoms with Gasteiger partial charge in [0.1, 0.15) is 11.3 Å². The molecule has 0 saturated carbocycles. The normalized spacial score (nSPS) is 17.8. The number of aryl methyl sites for hydroxylation is 1. The van der Waals surface area contributed by atoms with Gasteiger partial charge in [0.15, 0.2) is 0 Å². The highest BCUT2D eigenvalue weighted by atomic mass is 16.5. The first-order chi connectivity index (χ1) is 13.5. The summed E-state index contributed by atoms with van der Waals surface area (Å²) in [6.07, 6.45) is 0. The quantitative estimate of drug-likeness (QED) is 0.646. The van der Waals surface area contributed by atoms with Crippen LogP contribution in [-0.2, 0) is 6.54 Å². The number of nitrogens with zero attached hydrogens (tertiary/aromatic N) is 2. The van der Waals surface area contributed by atoms with E-state index < -0.39 is 0 Å². The van der Waals surface area contributed by atoms with Gasteiger partial charge in [-0.15, -0.1) is 0 Å². The number of ether oxygens (including phenoxy) is 1. The lowest BCUT2D eigenvalue weighted by Crippen LogP contribution is -2.51. The van der Waals surface area contributed by atoms with Gasteiger partial charge in [0.05, 0.1) is 7.11 Å². The molecule has 1 unspecified atom stereocenters. The van der Waals surface area contributed by atoms with Crippen molar-refractivity contribution in [2.45, 2.75) is 26.4 Å². The molecule has 0 N–H and O–H groups in total. The fourth-order valence-electron chi connectivity index (χ4n) is 4.07. The molecule has 1 saturated heterocycles. The van der Waals surface area contributed by atoms with Crippen molar-refractivity contribution >= 4 is 16.7 Å². The molecule has 5 heteroatoms. The van der Waals surface area contributed by atoms with Crippen molar-refractivity contribution in [1.82, 2.24) is 4.90 Å². The van der Waals surface area contributed by atoms with Gasteiger partial charge >= 0.3 is 5.63 Å². The van der Waals surface area contributed by atoms with Crippen molar-refractivity contribution in [2.24, 2.45) is 0 Å². The Hall–Kier alpha value is -2.79. The molecule has 1 aliphatic rings. The molecule has 0 radical (unpaired) electrons. The van der Waals surface area contributed by atoms with Crippen LogP contribution in [0, 0.1) is 6.92 Å². The molecule has 5 nitrogen and oxygen atoms in total. The van der Waals surface area contributed by atoms with E-state index in [1.54, 1.807) is 19.2 Å². The molecule has 2 aromatic carbocycles. The molecule has 146 valence electrons. The molecule has 28 heavy (non-hydrogen) atoms. The van der Waals surface area contributed by atoms with Gasteiger partial charge in [0, 0.05) is 49.4 Å². The Morgan fingerprint density at radius 3 is 2.75 bits per heavy atom. The van der Waals surface area contributed by atoms with Crippen LogP contribution in [0.2, 0.25) is 0 Å². The monoisotopic (exact) mass is 378 g/mol. The Morgan fingerprint density at radius 1 is 1.14 bits per heavy atom. The van der Waals surface area contributed by atoms with Gasteiger partial charge in [0.2, 0.25) is 0 Å². The first-order valence-electron chi connectivity index (χ1n) is 9.70. The first-order valence-corrected chi connectivity index (χ1v) is 9.70. The second-order valence-electron chi connectivity index (χ2n) is 7.57. The van der Waals surface area contributed by atoms with Crippen molar-refractivity contribution in [3.8, 4) is 5.75 Å². The van der Waals surface area contributed by atoms with Gasteiger partial charge in [0.25, 0.3) is 0 Å². The Morgan fingerprint density at radius 2 is 2.00 bits per heavy atom. The summed E-state index contributed by atoms with van der Waals surface area (Å²) in [6.45, 7) is 7.97. The topological polar surface area (TPSA) is 45.9 Å². The van der Waals surface area contributed by atoms with Crippen LogP contribution < -0.4 is 15.3 Å². The van der Waals surface area contributed by atoms with Crippen molar-refractivity contribution < 1.29 is 9.15 Å². The van der Waals surface area contributed by atoms with E-state index >= 15 is 0 Å². The Bertz CT molecular complexity index is 1040. The van der Waals surface area contributed by atoms with Crippen LogP contribution in [-0.4, -0.2) is 37.7 Å². The highest BCUT2D eigenvalue weighted by molar-refractivity contribution is 5.81. The van der Waals surface area contributed by atoms with Crippen molar-refractivity contribution in [1.29, 1.82) is 0 Å². The molecule has 1 aliphatic heterocycles. The lowest BCUT2D eigenvalue weighted by molar-refractivity contribution is 0.221. The van der Waals surface area contributed by atoms with Crippen LogP contribution in [0.1, 0.15) is 18.1 Å². The third kappa shape index (κ3) is 3.76. The second-order valence-corrected chi connectivity index (χ2v) is 7.57. The minimum atomic E-state index is -0.306. The summed E-state index contributed by atoms with van der Waals surface area (Å²) in [4.78, 5) is 16.9. The van der Waals surface area contributed by atoms with Crippen LogP contribution in [0.25, 0.3) is 11.0 Å². The van der Waals surface area contributed by atoms with Crippen molar-refractivity contribution in [2.75, 3.05) is 31.6 Å². The molecule has 1 fully saturated rings. The Labute approximate surface area is 165 Å². The molecule has 1 atom stereocenters. The van der Waals surface area contributed by atoms with Gasteiger partial charge in [-0.05, 0) is 55.3 Å². The maximum atomic E-state index is 12.0. The smallest absolute Gasteiger partial charge is 0.336 e. The maximum absolute atomic E-state index is 12.0. The minimum absolute atomic E-state index is 0.306. The molecule has 3 aromatic rings. The van der Waals surface area contributed by atoms with Gasteiger partial charge in [-0.1, -0.05) is 12.1 Å². The Kier molecular flexibility index (Phi) is 5.09. The third-order valence-corrected chi connectivity index (χ3v) is 5.47. The maximum Gasteiger partial charge on any atom is 0.336 e. The van der Waals surface area contributed by atoms with E-state index in [4.69, 9.17) is 9.15 Å². The SMILES string of the molecule is COc1ccc2oc(=O)cc(CN3CCN(c4cccc(C)c4)C(C)C3)c2c1. The summed E-state index contributed by atoms with van der Waals surface area (Å²) >= 11 is 0. The summed E-state index contributed by atoms with van der Waals surface area (Å²) in [5, 5.41) is 0.938. The van der Waals surface area contributed by atoms with Crippen LogP contribution >= 0.6 is 0 Å². The zero-order chi connectivity index (χ0) is 19.7. The predicted octanol–water partition coefficient (Wildman–Crippen LogP) is 3.82. The highest BCUT2D eigenvalue weighted by Crippen LogP contribution is 2.26. The standard InChI is InChI=1S/C23H26N2O3/c1-16-5-4-6-19(11-16)25-10-9-24(14-17(25)2)15-18-12-23(26)28-22-8-7-20(27-3)13-21(18)22/h4-8,11-13,17H,9-10,14-15H2,1-3H3. The Balaban J connectivity index is 1.55. The molecule has 0 amide bonds. The fraction of sp³-hybridized carbons (Fsp3) is 0.348. The second kappa shape index (κ2) is 7.68. The largest absolute Gasteiger partial charge is 0.497 e. The number of benzene rings is 2. The van der Waals surface area contributed by atoms with E-state index in [1.807, 2.05) is 12.1 Å². The fourth-order valence-corrected chi connectivity index (χ4v) is 4.07. The van der Waals surface area contributed by atoms with Crippen LogP contribution in [0.15, 0.2) is 57.7 Å². The van der Waals surface area contributed by atoms with Crippen LogP contribution in [0.4, 0.5) is 5.69 Å². The molecule has 0 spiro atoms. The van der Waals surface area contributed by atoms with E-state index in [2.05, 4.69) is 47.9 Å². The summed E-state index contributed by atoms with van der Waals surface area (Å²) in [7, 11) is 1.64. The molecule has 2 heterocycles. The molecular weight excluding hydrogens is 352 g/mol. The summed E-state index contributed by atoms with van der Waals surface area (Å²) in [5.74, 6) is 0.764. The summed E-state index contributed by atoms with van der Waals surface area (Å²) in [6, 6.07) is 16.2. The first kappa shape index (κ1) is 18.6. The molecule has 0 aliphatic carbocycles. The van der Waals surface area contributed by atoms with Crippen LogP contribution in [0.5, 0.6) is 5.75 Å². The van der Waals surface area contributed by atoms with Gasteiger partial charge in [-0.2, -0.15) is 0 Å². The molecular formula is C23H26N2O3. The molecule has 1 aromatic heterocycles. The summed E-state index contributed by atoms with van der Waals surface area (Å²) in [5.41, 5.74) is 3.85. The number of rotatable bonds is 4. The van der Waals surface area contributed by atoms with E-state index in [9.17, 15) is 4.79 Å². The predicted molar refractivity (Wildman–Crippen MR) is 112 cm³/mol. The van der Waals surface area contributed by atoms with E-state index in [0.29, 0.717) is 11.6 Å². The average molecular weight is 378 g/mol. The van der Waals surface area contributed by atoms with Gasteiger partial charge in [-0.25, -0.2) is 4.79 Å². The average Bonchev–Trinajstić information content (AvgIpc) is 2.67. The number of anilines is 1. The third-order valence-electron chi connectivity index (χ3n) is 5.47. The molecule has 4 rings (SSSR count).